The molecule has 0 fully saturated rings. The molecule has 6 nitrogen and oxygen atoms in total. The van der Waals surface area contributed by atoms with Crippen LogP contribution in [0.15, 0.2) is 58.3 Å². The van der Waals surface area contributed by atoms with Gasteiger partial charge >= 0.3 is 0 Å². The fourth-order valence-electron chi connectivity index (χ4n) is 2.33. The van der Waals surface area contributed by atoms with Crippen LogP contribution in [0.25, 0.3) is 10.9 Å². The Morgan fingerprint density at radius 2 is 2.23 bits per heavy atom. The summed E-state index contributed by atoms with van der Waals surface area (Å²) in [6.45, 7) is 3.99. The Morgan fingerprint density at radius 3 is 3.00 bits per heavy atom. The van der Waals surface area contributed by atoms with Crippen LogP contribution in [0.3, 0.4) is 0 Å². The first-order valence-corrected chi connectivity index (χ1v) is 9.51. The van der Waals surface area contributed by atoms with Gasteiger partial charge in [-0.3, -0.25) is 14.2 Å². The van der Waals surface area contributed by atoms with Gasteiger partial charge in [0.05, 0.1) is 22.2 Å². The number of nitrogens with zero attached hydrogens (tertiary/aromatic N) is 3. The molecule has 0 saturated heterocycles. The number of amides is 1. The summed E-state index contributed by atoms with van der Waals surface area (Å²) in [5, 5.41) is 15.0. The summed E-state index contributed by atoms with van der Waals surface area (Å²) in [7, 11) is 0. The van der Waals surface area contributed by atoms with Gasteiger partial charge < -0.3 is 5.32 Å². The number of nitrogens with one attached hydrogen (secondary N) is 1. The summed E-state index contributed by atoms with van der Waals surface area (Å²) in [5.74, 6) is -0.188. The number of nitriles is 1. The number of thioether (sulfide) groups is 1. The van der Waals surface area contributed by atoms with Gasteiger partial charge in [0.15, 0.2) is 5.16 Å². The molecule has 0 unspecified atom stereocenters. The number of para-hydroxylation sites is 1. The van der Waals surface area contributed by atoms with E-state index in [1.54, 1.807) is 35.7 Å². The maximum absolute atomic E-state index is 12.7. The largest absolute Gasteiger partial charge is 0.316 e. The van der Waals surface area contributed by atoms with Gasteiger partial charge in [0.1, 0.15) is 11.1 Å². The number of aromatic nitrogens is 2. The van der Waals surface area contributed by atoms with Gasteiger partial charge in [0.25, 0.3) is 5.56 Å². The van der Waals surface area contributed by atoms with E-state index in [0.717, 1.165) is 0 Å². The molecule has 0 bridgehead atoms. The Morgan fingerprint density at radius 1 is 1.42 bits per heavy atom. The topological polar surface area (TPSA) is 87.8 Å². The number of benzene rings is 1. The third-order valence-corrected chi connectivity index (χ3v) is 5.32. The zero-order valence-electron chi connectivity index (χ0n) is 13.6. The van der Waals surface area contributed by atoms with Crippen LogP contribution < -0.4 is 10.9 Å². The molecule has 3 aromatic rings. The molecule has 0 aliphatic carbocycles. The lowest BCUT2D eigenvalue weighted by molar-refractivity contribution is -0.113. The molecule has 130 valence electrons. The highest BCUT2D eigenvalue weighted by Gasteiger charge is 2.13. The summed E-state index contributed by atoms with van der Waals surface area (Å²) in [6.07, 6.45) is 1.62. The van der Waals surface area contributed by atoms with E-state index in [-0.39, 0.29) is 17.2 Å². The van der Waals surface area contributed by atoms with E-state index in [0.29, 0.717) is 33.2 Å². The van der Waals surface area contributed by atoms with Gasteiger partial charge in [-0.2, -0.15) is 5.26 Å². The van der Waals surface area contributed by atoms with E-state index in [9.17, 15) is 9.59 Å². The second-order valence-electron chi connectivity index (χ2n) is 5.23. The van der Waals surface area contributed by atoms with E-state index >= 15 is 0 Å². The highest BCUT2D eigenvalue weighted by Crippen LogP contribution is 2.23. The van der Waals surface area contributed by atoms with Gasteiger partial charge in [0, 0.05) is 6.54 Å². The smallest absolute Gasteiger partial charge is 0.262 e. The van der Waals surface area contributed by atoms with Crippen LogP contribution in [0.5, 0.6) is 0 Å². The normalized spacial score (nSPS) is 10.4. The number of carbonyl (C=O) groups is 1. The number of allylic oxidation sites excluding steroid dienone is 1. The number of hydrogen-bond donors (Lipinski definition) is 1. The molecule has 0 saturated carbocycles. The lowest BCUT2D eigenvalue weighted by atomic mass is 10.2. The van der Waals surface area contributed by atoms with Crippen LogP contribution in [0.4, 0.5) is 5.00 Å². The summed E-state index contributed by atoms with van der Waals surface area (Å²) in [4.78, 5) is 29.4. The monoisotopic (exact) mass is 382 g/mol. The van der Waals surface area contributed by atoms with E-state index in [1.807, 2.05) is 12.1 Å². The third kappa shape index (κ3) is 3.69. The Balaban J connectivity index is 1.83. The highest BCUT2D eigenvalue weighted by molar-refractivity contribution is 7.99. The zero-order chi connectivity index (χ0) is 18.5. The van der Waals surface area contributed by atoms with Gasteiger partial charge in [-0.15, -0.1) is 17.9 Å². The van der Waals surface area contributed by atoms with Crippen molar-refractivity contribution in [1.29, 1.82) is 5.26 Å². The Hall–Kier alpha value is -2.89. The molecule has 0 radical (unpaired) electrons. The molecule has 2 aromatic heterocycles. The second-order valence-corrected chi connectivity index (χ2v) is 7.09. The first-order valence-electron chi connectivity index (χ1n) is 7.64. The molecule has 1 N–H and O–H groups in total. The molecule has 1 aromatic carbocycles. The fraction of sp³-hybridized carbons (Fsp3) is 0.111. The Labute approximate surface area is 157 Å². The van der Waals surface area contributed by atoms with E-state index in [1.165, 1.54) is 27.7 Å². The predicted molar refractivity (Wildman–Crippen MR) is 105 cm³/mol. The number of anilines is 1. The molecule has 26 heavy (non-hydrogen) atoms. The molecule has 0 atom stereocenters. The molecular weight excluding hydrogens is 368 g/mol. The van der Waals surface area contributed by atoms with Crippen LogP contribution in [0, 0.1) is 11.3 Å². The molecule has 0 aliphatic heterocycles. The number of carbonyl (C=O) groups excluding carboxylic acids is 1. The van der Waals surface area contributed by atoms with Crippen molar-refractivity contribution in [3.8, 4) is 6.07 Å². The van der Waals surface area contributed by atoms with Crippen molar-refractivity contribution in [2.75, 3.05) is 11.1 Å². The fourth-order valence-corrected chi connectivity index (χ4v) is 3.90. The number of rotatable bonds is 6. The van der Waals surface area contributed by atoms with E-state index < -0.39 is 0 Å². The average molecular weight is 382 g/mol. The van der Waals surface area contributed by atoms with E-state index in [4.69, 9.17) is 5.26 Å². The summed E-state index contributed by atoms with van der Waals surface area (Å²) in [6, 6.07) is 10.8. The molecule has 3 rings (SSSR count). The van der Waals surface area contributed by atoms with Crippen LogP contribution in [0.1, 0.15) is 5.56 Å². The van der Waals surface area contributed by atoms with Crippen molar-refractivity contribution in [3.05, 3.63) is 64.3 Å². The minimum absolute atomic E-state index is 0.0741. The summed E-state index contributed by atoms with van der Waals surface area (Å²) < 4.78 is 1.50. The average Bonchev–Trinajstić information content (AvgIpc) is 3.10. The minimum atomic E-state index is -0.262. The van der Waals surface area contributed by atoms with Crippen molar-refractivity contribution < 1.29 is 4.79 Å². The van der Waals surface area contributed by atoms with Crippen molar-refractivity contribution in [2.45, 2.75) is 11.7 Å². The van der Waals surface area contributed by atoms with Crippen molar-refractivity contribution in [3.63, 3.8) is 0 Å². The predicted octanol–water partition coefficient (Wildman–Crippen LogP) is 3.25. The summed E-state index contributed by atoms with van der Waals surface area (Å²) in [5.41, 5.74) is 0.856. The zero-order valence-corrected chi connectivity index (χ0v) is 15.3. The lowest BCUT2D eigenvalue weighted by Gasteiger charge is -2.11. The lowest BCUT2D eigenvalue weighted by Crippen LogP contribution is -2.23. The molecule has 1 amide bonds. The van der Waals surface area contributed by atoms with Crippen LogP contribution >= 0.6 is 23.1 Å². The number of thiophene rings is 1. The number of fused-ring (bicyclic) bond motifs is 1. The minimum Gasteiger partial charge on any atom is -0.316 e. The molecule has 0 aliphatic rings. The SMILES string of the molecule is C=CCn1c(SCC(=O)Nc2sccc2C#N)nc2ccccc2c1=O. The van der Waals surface area contributed by atoms with Crippen LogP contribution in [0.2, 0.25) is 0 Å². The Bertz CT molecular complexity index is 1080. The first kappa shape index (κ1) is 17.9. The maximum atomic E-state index is 12.7. The summed E-state index contributed by atoms with van der Waals surface area (Å²) >= 11 is 2.47. The van der Waals surface area contributed by atoms with Gasteiger partial charge in [-0.05, 0) is 23.6 Å². The van der Waals surface area contributed by atoms with E-state index in [2.05, 4.69) is 16.9 Å². The molecule has 8 heteroatoms. The van der Waals surface area contributed by atoms with Crippen LogP contribution in [-0.4, -0.2) is 21.2 Å². The first-order chi connectivity index (χ1) is 12.6. The van der Waals surface area contributed by atoms with Gasteiger partial charge in [-0.25, -0.2) is 4.98 Å². The second kappa shape index (κ2) is 7.99. The Kier molecular flexibility index (Phi) is 5.51. The number of hydrogen-bond acceptors (Lipinski definition) is 6. The van der Waals surface area contributed by atoms with Crippen molar-refractivity contribution in [1.82, 2.24) is 9.55 Å². The highest BCUT2D eigenvalue weighted by atomic mass is 32.2. The standard InChI is InChI=1S/C18H14N4O2S2/c1-2-8-22-17(24)13-5-3-4-6-14(13)20-18(22)26-11-15(23)21-16-12(10-19)7-9-25-16/h2-7,9H,1,8,11H2,(H,21,23). The quantitative estimate of drug-likeness (QED) is 0.402. The van der Waals surface area contributed by atoms with Crippen molar-refractivity contribution in [2.24, 2.45) is 0 Å². The maximum Gasteiger partial charge on any atom is 0.262 e. The molecule has 0 spiro atoms. The molecule has 2 heterocycles. The molecular formula is C18H14N4O2S2. The van der Waals surface area contributed by atoms with Crippen LogP contribution in [-0.2, 0) is 11.3 Å². The van der Waals surface area contributed by atoms with Gasteiger partial charge in [-0.1, -0.05) is 30.0 Å². The van der Waals surface area contributed by atoms with Crippen molar-refractivity contribution >= 4 is 44.9 Å². The van der Waals surface area contributed by atoms with Gasteiger partial charge in [0.2, 0.25) is 5.91 Å². The third-order valence-electron chi connectivity index (χ3n) is 3.51.